The van der Waals surface area contributed by atoms with E-state index in [0.717, 1.165) is 33.0 Å². The molecule has 0 aliphatic carbocycles. The SMILES string of the molecule is c1ccc(-c2nsc(-c3ccc4ccccc4n3)n2)cc1. The minimum atomic E-state index is 0.755. The van der Waals surface area contributed by atoms with Gasteiger partial charge < -0.3 is 0 Å². The third-order valence-corrected chi connectivity index (χ3v) is 4.01. The molecule has 0 aliphatic heterocycles. The monoisotopic (exact) mass is 289 g/mol. The molecular weight excluding hydrogens is 278 g/mol. The Morgan fingerprint density at radius 1 is 0.714 bits per heavy atom. The molecule has 0 bridgehead atoms. The Balaban J connectivity index is 1.77. The van der Waals surface area contributed by atoms with Gasteiger partial charge in [0.15, 0.2) is 10.8 Å². The zero-order valence-electron chi connectivity index (χ0n) is 11.1. The van der Waals surface area contributed by atoms with Crippen molar-refractivity contribution in [3.63, 3.8) is 0 Å². The van der Waals surface area contributed by atoms with Crippen molar-refractivity contribution in [3.05, 3.63) is 66.7 Å². The van der Waals surface area contributed by atoms with Gasteiger partial charge in [-0.15, -0.1) is 0 Å². The Morgan fingerprint density at radius 3 is 2.43 bits per heavy atom. The number of benzene rings is 2. The number of hydrogen-bond donors (Lipinski definition) is 0. The van der Waals surface area contributed by atoms with Crippen LogP contribution in [-0.4, -0.2) is 14.3 Å². The zero-order valence-corrected chi connectivity index (χ0v) is 11.9. The molecule has 4 aromatic rings. The number of aromatic nitrogens is 3. The first kappa shape index (κ1) is 12.2. The molecule has 0 aliphatic rings. The van der Waals surface area contributed by atoms with E-state index in [2.05, 4.69) is 26.5 Å². The molecule has 3 nitrogen and oxygen atoms in total. The van der Waals surface area contributed by atoms with Crippen LogP contribution in [0.15, 0.2) is 66.7 Å². The summed E-state index contributed by atoms with van der Waals surface area (Å²) in [5.74, 6) is 0.755. The standard InChI is InChI=1S/C17H11N3S/c1-2-7-13(8-3-1)16-19-17(21-20-16)15-11-10-12-6-4-5-9-14(12)18-15/h1-11H. The molecular formula is C17H11N3S. The van der Waals surface area contributed by atoms with Gasteiger partial charge in [0.05, 0.1) is 5.52 Å². The van der Waals surface area contributed by atoms with Gasteiger partial charge >= 0.3 is 0 Å². The molecule has 0 amide bonds. The number of hydrogen-bond acceptors (Lipinski definition) is 4. The van der Waals surface area contributed by atoms with Crippen LogP contribution in [0, 0.1) is 0 Å². The summed E-state index contributed by atoms with van der Waals surface area (Å²) in [7, 11) is 0. The molecule has 4 rings (SSSR count). The molecule has 2 aromatic heterocycles. The van der Waals surface area contributed by atoms with E-state index in [1.807, 2.05) is 54.6 Å². The van der Waals surface area contributed by atoms with Crippen molar-refractivity contribution in [2.75, 3.05) is 0 Å². The number of fused-ring (bicyclic) bond motifs is 1. The second-order valence-corrected chi connectivity index (χ2v) is 5.43. The van der Waals surface area contributed by atoms with E-state index in [9.17, 15) is 0 Å². The number of nitrogens with zero attached hydrogens (tertiary/aromatic N) is 3. The van der Waals surface area contributed by atoms with Crippen molar-refractivity contribution in [3.8, 4) is 22.1 Å². The Hall–Kier alpha value is -2.59. The lowest BCUT2D eigenvalue weighted by molar-refractivity contribution is 1.30. The number of rotatable bonds is 2. The smallest absolute Gasteiger partial charge is 0.173 e. The Kier molecular flexibility index (Phi) is 2.94. The van der Waals surface area contributed by atoms with Crippen molar-refractivity contribution in [1.29, 1.82) is 0 Å². The van der Waals surface area contributed by atoms with Crippen LogP contribution < -0.4 is 0 Å². The average molecular weight is 289 g/mol. The van der Waals surface area contributed by atoms with Crippen LogP contribution in [0.2, 0.25) is 0 Å². The fourth-order valence-electron chi connectivity index (χ4n) is 2.22. The number of pyridine rings is 1. The topological polar surface area (TPSA) is 38.7 Å². The molecule has 0 radical (unpaired) electrons. The summed E-state index contributed by atoms with van der Waals surface area (Å²) in [5, 5.41) is 1.98. The predicted octanol–water partition coefficient (Wildman–Crippen LogP) is 4.42. The van der Waals surface area contributed by atoms with Crippen molar-refractivity contribution in [2.24, 2.45) is 0 Å². The van der Waals surface area contributed by atoms with Gasteiger partial charge in [0.1, 0.15) is 5.69 Å². The van der Waals surface area contributed by atoms with E-state index >= 15 is 0 Å². The predicted molar refractivity (Wildman–Crippen MR) is 86.1 cm³/mol. The lowest BCUT2D eigenvalue weighted by Gasteiger charge is -1.99. The second-order valence-electron chi connectivity index (χ2n) is 4.68. The third-order valence-electron chi connectivity index (χ3n) is 3.28. The van der Waals surface area contributed by atoms with Crippen LogP contribution in [0.25, 0.3) is 33.0 Å². The van der Waals surface area contributed by atoms with E-state index in [1.165, 1.54) is 11.5 Å². The van der Waals surface area contributed by atoms with Gasteiger partial charge in [0.2, 0.25) is 0 Å². The minimum Gasteiger partial charge on any atom is -0.245 e. The molecule has 2 aromatic carbocycles. The Labute approximate surface area is 126 Å². The van der Waals surface area contributed by atoms with Crippen molar-refractivity contribution in [1.82, 2.24) is 14.3 Å². The minimum absolute atomic E-state index is 0.755. The van der Waals surface area contributed by atoms with Gasteiger partial charge in [-0.2, -0.15) is 4.37 Å². The summed E-state index contributed by atoms with van der Waals surface area (Å²) in [5.41, 5.74) is 2.88. The van der Waals surface area contributed by atoms with Crippen LogP contribution in [-0.2, 0) is 0 Å². The first-order chi connectivity index (χ1) is 10.4. The van der Waals surface area contributed by atoms with Gasteiger partial charge in [-0.1, -0.05) is 54.6 Å². The zero-order chi connectivity index (χ0) is 14.1. The van der Waals surface area contributed by atoms with Crippen molar-refractivity contribution >= 4 is 22.4 Å². The number of para-hydroxylation sites is 1. The molecule has 0 saturated heterocycles. The highest BCUT2D eigenvalue weighted by atomic mass is 32.1. The first-order valence-electron chi connectivity index (χ1n) is 6.65. The largest absolute Gasteiger partial charge is 0.245 e. The van der Waals surface area contributed by atoms with Gasteiger partial charge in [0, 0.05) is 10.9 Å². The molecule has 0 spiro atoms. The maximum Gasteiger partial charge on any atom is 0.173 e. The highest BCUT2D eigenvalue weighted by Crippen LogP contribution is 2.26. The summed E-state index contributed by atoms with van der Waals surface area (Å²) < 4.78 is 4.43. The normalized spacial score (nSPS) is 10.9. The van der Waals surface area contributed by atoms with E-state index in [-0.39, 0.29) is 0 Å². The van der Waals surface area contributed by atoms with Crippen molar-refractivity contribution < 1.29 is 0 Å². The second kappa shape index (κ2) is 5.07. The molecule has 4 heteroatoms. The lowest BCUT2D eigenvalue weighted by Crippen LogP contribution is -1.85. The lowest BCUT2D eigenvalue weighted by atomic mass is 10.2. The molecule has 100 valence electrons. The highest BCUT2D eigenvalue weighted by Gasteiger charge is 2.09. The van der Waals surface area contributed by atoms with E-state index in [4.69, 9.17) is 0 Å². The molecule has 21 heavy (non-hydrogen) atoms. The first-order valence-corrected chi connectivity index (χ1v) is 7.43. The fourth-order valence-corrected chi connectivity index (χ4v) is 2.87. The summed E-state index contributed by atoms with van der Waals surface area (Å²) in [4.78, 5) is 9.26. The van der Waals surface area contributed by atoms with Gasteiger partial charge in [-0.25, -0.2) is 9.97 Å². The van der Waals surface area contributed by atoms with Crippen LogP contribution in [0.3, 0.4) is 0 Å². The van der Waals surface area contributed by atoms with Gasteiger partial charge in [-0.3, -0.25) is 0 Å². The van der Waals surface area contributed by atoms with Crippen LogP contribution in [0.5, 0.6) is 0 Å². The average Bonchev–Trinajstić information content (AvgIpc) is 3.05. The molecule has 0 atom stereocenters. The highest BCUT2D eigenvalue weighted by molar-refractivity contribution is 7.09. The van der Waals surface area contributed by atoms with Crippen LogP contribution >= 0.6 is 11.5 Å². The van der Waals surface area contributed by atoms with Crippen LogP contribution in [0.4, 0.5) is 0 Å². The Bertz CT molecular complexity index is 900. The Morgan fingerprint density at radius 2 is 1.52 bits per heavy atom. The van der Waals surface area contributed by atoms with Crippen molar-refractivity contribution in [2.45, 2.75) is 0 Å². The van der Waals surface area contributed by atoms with E-state index < -0.39 is 0 Å². The summed E-state index contributed by atoms with van der Waals surface area (Å²) in [6, 6.07) is 22.1. The quantitative estimate of drug-likeness (QED) is 0.548. The summed E-state index contributed by atoms with van der Waals surface area (Å²) in [6.45, 7) is 0. The molecule has 0 N–H and O–H groups in total. The van der Waals surface area contributed by atoms with E-state index in [1.54, 1.807) is 0 Å². The molecule has 2 heterocycles. The molecule has 0 unspecified atom stereocenters. The summed E-state index contributed by atoms with van der Waals surface area (Å²) >= 11 is 1.38. The summed E-state index contributed by atoms with van der Waals surface area (Å²) in [6.07, 6.45) is 0. The van der Waals surface area contributed by atoms with Crippen LogP contribution in [0.1, 0.15) is 0 Å². The molecule has 0 fully saturated rings. The third kappa shape index (κ3) is 2.30. The maximum absolute atomic E-state index is 4.66. The fraction of sp³-hybridized carbons (Fsp3) is 0. The van der Waals surface area contributed by atoms with E-state index in [0.29, 0.717) is 0 Å². The van der Waals surface area contributed by atoms with Gasteiger partial charge in [-0.05, 0) is 23.7 Å². The molecule has 0 saturated carbocycles. The maximum atomic E-state index is 4.66. The van der Waals surface area contributed by atoms with Gasteiger partial charge in [0.25, 0.3) is 0 Å².